The van der Waals surface area contributed by atoms with Gasteiger partial charge in [0.2, 0.25) is 0 Å². The summed E-state index contributed by atoms with van der Waals surface area (Å²) < 4.78 is 1.13. The van der Waals surface area contributed by atoms with Crippen LogP contribution in [-0.4, -0.2) is 27.7 Å². The molecule has 4 nitrogen and oxygen atoms in total. The van der Waals surface area contributed by atoms with Crippen LogP contribution in [0.1, 0.15) is 18.4 Å². The summed E-state index contributed by atoms with van der Waals surface area (Å²) in [5.41, 5.74) is 2.25. The third kappa shape index (κ3) is 2.00. The molecule has 0 unspecified atom stereocenters. The molecule has 1 saturated carbocycles. The predicted octanol–water partition coefficient (Wildman–Crippen LogP) is 2.18. The van der Waals surface area contributed by atoms with Crippen LogP contribution in [0, 0.1) is 12.8 Å². The monoisotopic (exact) mass is 249 g/mol. The average molecular weight is 249 g/mol. The van der Waals surface area contributed by atoms with Crippen molar-refractivity contribution in [3.05, 3.63) is 17.3 Å². The minimum absolute atomic E-state index is 0.0869. The van der Waals surface area contributed by atoms with Gasteiger partial charge in [-0.15, -0.1) is 11.3 Å². The Balaban J connectivity index is 1.76. The number of aryl methyl sites for hydroxylation is 1. The fraction of sp³-hybridized carbons (Fsp3) is 0.500. The second kappa shape index (κ2) is 4.23. The molecule has 2 heterocycles. The van der Waals surface area contributed by atoms with Gasteiger partial charge in [0.25, 0.3) is 0 Å². The summed E-state index contributed by atoms with van der Waals surface area (Å²) in [7, 11) is 0. The smallest absolute Gasteiger partial charge is 0.147 e. The molecule has 3 rings (SSSR count). The molecule has 2 aromatic heterocycles. The van der Waals surface area contributed by atoms with E-state index in [1.165, 1.54) is 5.56 Å². The van der Waals surface area contributed by atoms with Crippen molar-refractivity contribution in [3.63, 3.8) is 0 Å². The first-order valence-electron chi connectivity index (χ1n) is 5.85. The van der Waals surface area contributed by atoms with Gasteiger partial charge < -0.3 is 10.4 Å². The van der Waals surface area contributed by atoms with Gasteiger partial charge in [0, 0.05) is 6.54 Å². The van der Waals surface area contributed by atoms with Gasteiger partial charge in [-0.05, 0) is 36.6 Å². The predicted molar refractivity (Wildman–Crippen MR) is 69.4 cm³/mol. The molecule has 0 aliphatic heterocycles. The number of hydrogen-bond donors (Lipinski definition) is 2. The molecule has 0 saturated heterocycles. The summed E-state index contributed by atoms with van der Waals surface area (Å²) in [5.74, 6) is 1.51. The molecular weight excluding hydrogens is 234 g/mol. The van der Waals surface area contributed by atoms with Crippen LogP contribution in [0.15, 0.2) is 11.7 Å². The second-order valence-electron chi connectivity index (χ2n) is 4.69. The molecule has 0 radical (unpaired) electrons. The molecule has 1 aliphatic rings. The van der Waals surface area contributed by atoms with Crippen molar-refractivity contribution >= 4 is 27.4 Å². The first-order valence-corrected chi connectivity index (χ1v) is 6.72. The number of rotatable bonds is 3. The topological polar surface area (TPSA) is 58.0 Å². The van der Waals surface area contributed by atoms with Crippen molar-refractivity contribution in [2.75, 3.05) is 11.9 Å². The summed E-state index contributed by atoms with van der Waals surface area (Å²) in [4.78, 5) is 8.59. The molecule has 2 N–H and O–H groups in total. The molecule has 1 aliphatic carbocycles. The van der Waals surface area contributed by atoms with E-state index < -0.39 is 0 Å². The molecule has 0 spiro atoms. The standard InChI is InChI=1S/C12H15N3OS/c1-7-5-17-11-10(7)14-6-15-12(11)13-4-8-2-9(16)3-8/h5-6,8-9,16H,2-4H2,1H3,(H,13,14,15). The summed E-state index contributed by atoms with van der Waals surface area (Å²) in [6, 6.07) is 0. The first kappa shape index (κ1) is 10.9. The molecule has 0 atom stereocenters. The zero-order valence-electron chi connectivity index (χ0n) is 9.68. The van der Waals surface area contributed by atoms with E-state index >= 15 is 0 Å². The SMILES string of the molecule is Cc1csc2c(NCC3CC(O)C3)ncnc12. The van der Waals surface area contributed by atoms with Crippen molar-refractivity contribution in [1.29, 1.82) is 0 Å². The molecule has 0 amide bonds. The third-order valence-corrected chi connectivity index (χ3v) is 4.39. The maximum atomic E-state index is 9.24. The Kier molecular flexibility index (Phi) is 2.72. The van der Waals surface area contributed by atoms with E-state index in [1.807, 2.05) is 0 Å². The van der Waals surface area contributed by atoms with Gasteiger partial charge >= 0.3 is 0 Å². The van der Waals surface area contributed by atoms with Gasteiger partial charge in [0.05, 0.1) is 16.3 Å². The molecular formula is C12H15N3OS. The van der Waals surface area contributed by atoms with Gasteiger partial charge in [0.15, 0.2) is 0 Å². The Bertz CT molecular complexity index is 534. The van der Waals surface area contributed by atoms with E-state index in [0.717, 1.165) is 35.4 Å². The van der Waals surface area contributed by atoms with Crippen LogP contribution >= 0.6 is 11.3 Å². The molecule has 17 heavy (non-hydrogen) atoms. The number of aliphatic hydroxyl groups excluding tert-OH is 1. The number of nitrogens with zero attached hydrogens (tertiary/aromatic N) is 2. The van der Waals surface area contributed by atoms with Gasteiger partial charge in [0.1, 0.15) is 12.1 Å². The van der Waals surface area contributed by atoms with Gasteiger partial charge in [-0.1, -0.05) is 0 Å². The second-order valence-corrected chi connectivity index (χ2v) is 5.57. The van der Waals surface area contributed by atoms with Crippen molar-refractivity contribution in [2.24, 2.45) is 5.92 Å². The summed E-state index contributed by atoms with van der Waals surface area (Å²) in [6.07, 6.45) is 3.34. The molecule has 0 aromatic carbocycles. The highest BCUT2D eigenvalue weighted by atomic mass is 32.1. The number of thiophene rings is 1. The zero-order chi connectivity index (χ0) is 11.8. The highest BCUT2D eigenvalue weighted by Gasteiger charge is 2.26. The van der Waals surface area contributed by atoms with Crippen LogP contribution in [0.5, 0.6) is 0 Å². The molecule has 2 aromatic rings. The maximum Gasteiger partial charge on any atom is 0.147 e. The largest absolute Gasteiger partial charge is 0.393 e. The van der Waals surface area contributed by atoms with Crippen molar-refractivity contribution in [2.45, 2.75) is 25.9 Å². The quantitative estimate of drug-likeness (QED) is 0.875. The van der Waals surface area contributed by atoms with E-state index in [4.69, 9.17) is 0 Å². The minimum atomic E-state index is -0.0869. The Labute approximate surface area is 104 Å². The number of aliphatic hydroxyl groups is 1. The van der Waals surface area contributed by atoms with Crippen LogP contribution in [0.2, 0.25) is 0 Å². The summed E-state index contributed by atoms with van der Waals surface area (Å²) in [5, 5.41) is 14.7. The number of aromatic nitrogens is 2. The molecule has 0 bridgehead atoms. The van der Waals surface area contributed by atoms with Crippen LogP contribution in [0.4, 0.5) is 5.82 Å². The zero-order valence-corrected chi connectivity index (χ0v) is 10.5. The highest BCUT2D eigenvalue weighted by Crippen LogP contribution is 2.31. The number of fused-ring (bicyclic) bond motifs is 1. The Morgan fingerprint density at radius 1 is 1.47 bits per heavy atom. The van der Waals surface area contributed by atoms with Crippen molar-refractivity contribution in [3.8, 4) is 0 Å². The molecule has 1 fully saturated rings. The van der Waals surface area contributed by atoms with Crippen molar-refractivity contribution in [1.82, 2.24) is 9.97 Å². The van der Waals surface area contributed by atoms with E-state index in [0.29, 0.717) is 5.92 Å². The Morgan fingerprint density at radius 3 is 3.06 bits per heavy atom. The van der Waals surface area contributed by atoms with Gasteiger partial charge in [-0.25, -0.2) is 9.97 Å². The fourth-order valence-corrected chi connectivity index (χ4v) is 3.17. The molecule has 90 valence electrons. The number of hydrogen-bond acceptors (Lipinski definition) is 5. The van der Waals surface area contributed by atoms with Crippen LogP contribution < -0.4 is 5.32 Å². The van der Waals surface area contributed by atoms with E-state index in [-0.39, 0.29) is 6.10 Å². The third-order valence-electron chi connectivity index (χ3n) is 3.30. The lowest BCUT2D eigenvalue weighted by atomic mass is 9.82. The Hall–Kier alpha value is -1.20. The van der Waals surface area contributed by atoms with Crippen LogP contribution in [0.3, 0.4) is 0 Å². The summed E-state index contributed by atoms with van der Waals surface area (Å²) >= 11 is 1.68. The lowest BCUT2D eigenvalue weighted by molar-refractivity contribution is 0.0487. The minimum Gasteiger partial charge on any atom is -0.393 e. The fourth-order valence-electron chi connectivity index (χ4n) is 2.20. The summed E-state index contributed by atoms with van der Waals surface area (Å²) in [6.45, 7) is 2.96. The van der Waals surface area contributed by atoms with Gasteiger partial charge in [-0.2, -0.15) is 0 Å². The lowest BCUT2D eigenvalue weighted by Gasteiger charge is -2.31. The molecule has 5 heteroatoms. The average Bonchev–Trinajstić information content (AvgIpc) is 2.66. The van der Waals surface area contributed by atoms with E-state index in [2.05, 4.69) is 27.6 Å². The maximum absolute atomic E-state index is 9.24. The number of nitrogens with one attached hydrogen (secondary N) is 1. The lowest BCUT2D eigenvalue weighted by Crippen LogP contribution is -2.33. The van der Waals surface area contributed by atoms with E-state index in [1.54, 1.807) is 17.7 Å². The van der Waals surface area contributed by atoms with Crippen molar-refractivity contribution < 1.29 is 5.11 Å². The normalized spacial score (nSPS) is 23.6. The van der Waals surface area contributed by atoms with Crippen LogP contribution in [0.25, 0.3) is 10.2 Å². The van der Waals surface area contributed by atoms with Gasteiger partial charge in [-0.3, -0.25) is 0 Å². The number of anilines is 1. The van der Waals surface area contributed by atoms with E-state index in [9.17, 15) is 5.11 Å². The van der Waals surface area contributed by atoms with Crippen LogP contribution in [-0.2, 0) is 0 Å². The Morgan fingerprint density at radius 2 is 2.29 bits per heavy atom. The highest BCUT2D eigenvalue weighted by molar-refractivity contribution is 7.18. The first-order chi connectivity index (χ1) is 8.24.